The second-order valence-corrected chi connectivity index (χ2v) is 7.62. The number of halogens is 1. The molecular formula is C21H19ClN6O. The molecule has 2 bridgehead atoms. The molecule has 5 rings (SSSR count). The van der Waals surface area contributed by atoms with Crippen LogP contribution in [-0.2, 0) is 0 Å². The molecule has 2 aliphatic rings. The largest absolute Gasteiger partial charge is 0.366 e. The zero-order valence-electron chi connectivity index (χ0n) is 15.6. The van der Waals surface area contributed by atoms with E-state index in [0.717, 1.165) is 42.9 Å². The Bertz CT molecular complexity index is 1060. The highest BCUT2D eigenvalue weighted by Crippen LogP contribution is 2.39. The van der Waals surface area contributed by atoms with Crippen LogP contribution in [0.4, 0.5) is 22.1 Å². The summed E-state index contributed by atoms with van der Waals surface area (Å²) in [6.07, 6.45) is 6.95. The molecule has 1 atom stereocenters. The number of hydrogen-bond acceptors (Lipinski definition) is 5. The van der Waals surface area contributed by atoms with Crippen LogP contribution < -0.4 is 15.1 Å². The van der Waals surface area contributed by atoms with E-state index in [0.29, 0.717) is 16.7 Å². The van der Waals surface area contributed by atoms with Crippen molar-refractivity contribution in [3.05, 3.63) is 60.0 Å². The second kappa shape index (κ2) is 7.33. The predicted octanol–water partition coefficient (Wildman–Crippen LogP) is 4.21. The van der Waals surface area contributed by atoms with Crippen molar-refractivity contribution in [1.29, 1.82) is 0 Å². The first kappa shape index (κ1) is 17.9. The van der Waals surface area contributed by atoms with Gasteiger partial charge in [-0.3, -0.25) is 15.2 Å². The van der Waals surface area contributed by atoms with Gasteiger partial charge in [0, 0.05) is 37.2 Å². The summed E-state index contributed by atoms with van der Waals surface area (Å²) < 4.78 is 0. The Kier molecular flexibility index (Phi) is 4.52. The molecule has 3 aromatic rings. The number of carbonyl (C=O) groups is 1. The van der Waals surface area contributed by atoms with E-state index < -0.39 is 0 Å². The molecule has 146 valence electrons. The minimum atomic E-state index is -0.217. The van der Waals surface area contributed by atoms with Crippen LogP contribution in [0.1, 0.15) is 12.8 Å². The van der Waals surface area contributed by atoms with E-state index in [1.165, 1.54) is 0 Å². The van der Waals surface area contributed by atoms with E-state index >= 15 is 0 Å². The van der Waals surface area contributed by atoms with Crippen molar-refractivity contribution in [2.24, 2.45) is 0 Å². The highest BCUT2D eigenvalue weighted by atomic mass is 35.5. The number of piperidine rings is 1. The van der Waals surface area contributed by atoms with Crippen LogP contribution in [0.3, 0.4) is 0 Å². The number of amides is 2. The third kappa shape index (κ3) is 3.38. The number of nitrogens with zero attached hydrogens (tertiary/aromatic N) is 5. The average molecular weight is 407 g/mol. The van der Waals surface area contributed by atoms with Gasteiger partial charge in [0.1, 0.15) is 5.82 Å². The standard InChI is InChI=1S/C21H19ClN6O/c22-15-10-14(11-23-12-15)17-6-7-18-20(25-17)28(16-4-3-9-27(18)13-16)21(29)26-19-5-1-2-8-24-19/h1-2,5-8,10-12,16H,3-4,9,13H2,(H,24,26,29)/t16-/m0/s1. The molecule has 5 heterocycles. The van der Waals surface area contributed by atoms with E-state index in [1.54, 1.807) is 29.6 Å². The van der Waals surface area contributed by atoms with Gasteiger partial charge in [0.2, 0.25) is 0 Å². The van der Waals surface area contributed by atoms with Crippen molar-refractivity contribution in [3.63, 3.8) is 0 Å². The maximum Gasteiger partial charge on any atom is 0.329 e. The maximum absolute atomic E-state index is 13.2. The highest BCUT2D eigenvalue weighted by Gasteiger charge is 2.38. The number of pyridine rings is 3. The summed E-state index contributed by atoms with van der Waals surface area (Å²) in [6.45, 7) is 1.78. The lowest BCUT2D eigenvalue weighted by Crippen LogP contribution is -2.56. The van der Waals surface area contributed by atoms with Gasteiger partial charge in [-0.2, -0.15) is 0 Å². The lowest BCUT2D eigenvalue weighted by molar-refractivity contribution is 0.252. The molecule has 0 spiro atoms. The first-order chi connectivity index (χ1) is 14.2. The van der Waals surface area contributed by atoms with Crippen LogP contribution in [-0.4, -0.2) is 40.1 Å². The molecule has 0 saturated carbocycles. The van der Waals surface area contributed by atoms with E-state index in [1.807, 2.05) is 30.3 Å². The van der Waals surface area contributed by atoms with Gasteiger partial charge in [-0.1, -0.05) is 17.7 Å². The van der Waals surface area contributed by atoms with Crippen molar-refractivity contribution >= 4 is 35.0 Å². The number of aromatic nitrogens is 3. The van der Waals surface area contributed by atoms with Crippen LogP contribution in [0, 0.1) is 0 Å². The molecular weight excluding hydrogens is 388 g/mol. The lowest BCUT2D eigenvalue weighted by atomic mass is 9.99. The topological polar surface area (TPSA) is 74.2 Å². The third-order valence-electron chi connectivity index (χ3n) is 5.30. The van der Waals surface area contributed by atoms with Gasteiger partial charge in [-0.25, -0.2) is 14.8 Å². The molecule has 7 nitrogen and oxygen atoms in total. The quantitative estimate of drug-likeness (QED) is 0.689. The van der Waals surface area contributed by atoms with Crippen molar-refractivity contribution in [2.75, 3.05) is 28.2 Å². The summed E-state index contributed by atoms with van der Waals surface area (Å²) in [6, 6.07) is 11.1. The fourth-order valence-electron chi connectivity index (χ4n) is 4.00. The summed E-state index contributed by atoms with van der Waals surface area (Å²) in [5.41, 5.74) is 2.52. The van der Waals surface area contributed by atoms with Gasteiger partial charge < -0.3 is 4.90 Å². The van der Waals surface area contributed by atoms with Crippen molar-refractivity contribution in [2.45, 2.75) is 18.9 Å². The smallest absolute Gasteiger partial charge is 0.329 e. The van der Waals surface area contributed by atoms with E-state index in [9.17, 15) is 4.79 Å². The Morgan fingerprint density at radius 3 is 2.97 bits per heavy atom. The average Bonchev–Trinajstić information content (AvgIpc) is 2.74. The van der Waals surface area contributed by atoms with Crippen LogP contribution in [0.25, 0.3) is 11.3 Å². The van der Waals surface area contributed by atoms with E-state index in [2.05, 4.69) is 20.2 Å². The number of anilines is 3. The normalized spacial score (nSPS) is 17.6. The molecule has 0 unspecified atom stereocenters. The van der Waals surface area contributed by atoms with Crippen molar-refractivity contribution < 1.29 is 4.79 Å². The van der Waals surface area contributed by atoms with Crippen LogP contribution in [0.2, 0.25) is 5.02 Å². The highest BCUT2D eigenvalue weighted by molar-refractivity contribution is 6.30. The van der Waals surface area contributed by atoms with E-state index in [-0.39, 0.29) is 12.1 Å². The minimum absolute atomic E-state index is 0.0696. The maximum atomic E-state index is 13.2. The molecule has 0 aromatic carbocycles. The first-order valence-electron chi connectivity index (χ1n) is 9.57. The minimum Gasteiger partial charge on any atom is -0.366 e. The lowest BCUT2D eigenvalue weighted by Gasteiger charge is -2.45. The first-order valence-corrected chi connectivity index (χ1v) is 9.95. The molecule has 3 aromatic heterocycles. The fraction of sp³-hybridized carbons (Fsp3) is 0.238. The SMILES string of the molecule is O=C(Nc1ccccn1)N1c2nc(-c3cncc(Cl)c3)ccc2N2CCC[C@H]1C2. The summed E-state index contributed by atoms with van der Waals surface area (Å²) >= 11 is 6.11. The van der Waals surface area contributed by atoms with Crippen LogP contribution in [0.5, 0.6) is 0 Å². The van der Waals surface area contributed by atoms with Gasteiger partial charge in [0.05, 0.1) is 22.4 Å². The van der Waals surface area contributed by atoms with Crippen LogP contribution >= 0.6 is 11.6 Å². The second-order valence-electron chi connectivity index (χ2n) is 7.19. The van der Waals surface area contributed by atoms with Crippen molar-refractivity contribution in [3.8, 4) is 11.3 Å². The molecule has 1 saturated heterocycles. The molecule has 29 heavy (non-hydrogen) atoms. The van der Waals surface area contributed by atoms with Gasteiger partial charge >= 0.3 is 6.03 Å². The number of hydrogen-bond donors (Lipinski definition) is 1. The Hall–Kier alpha value is -3.19. The Morgan fingerprint density at radius 1 is 1.21 bits per heavy atom. The summed E-state index contributed by atoms with van der Waals surface area (Å²) in [5, 5.41) is 3.46. The molecule has 2 amide bonds. The summed E-state index contributed by atoms with van der Waals surface area (Å²) in [4.78, 5) is 30.5. The number of nitrogens with one attached hydrogen (secondary N) is 1. The monoisotopic (exact) mass is 406 g/mol. The molecule has 0 aliphatic carbocycles. The van der Waals surface area contributed by atoms with Gasteiger partial charge in [0.15, 0.2) is 5.82 Å². The van der Waals surface area contributed by atoms with Gasteiger partial charge in [-0.05, 0) is 43.2 Å². The van der Waals surface area contributed by atoms with Crippen molar-refractivity contribution in [1.82, 2.24) is 15.0 Å². The molecule has 1 N–H and O–H groups in total. The number of carbonyl (C=O) groups excluding carboxylic acids is 1. The molecule has 0 radical (unpaired) electrons. The number of rotatable bonds is 2. The Balaban J connectivity index is 1.56. The zero-order chi connectivity index (χ0) is 19.8. The predicted molar refractivity (Wildman–Crippen MR) is 113 cm³/mol. The zero-order valence-corrected chi connectivity index (χ0v) is 16.4. The molecule has 1 fully saturated rings. The third-order valence-corrected chi connectivity index (χ3v) is 5.51. The number of urea groups is 1. The fourth-order valence-corrected chi connectivity index (χ4v) is 4.18. The van der Waals surface area contributed by atoms with Gasteiger partial charge in [0.25, 0.3) is 0 Å². The van der Waals surface area contributed by atoms with Crippen LogP contribution in [0.15, 0.2) is 55.0 Å². The number of fused-ring (bicyclic) bond motifs is 4. The van der Waals surface area contributed by atoms with E-state index in [4.69, 9.17) is 16.6 Å². The molecule has 2 aliphatic heterocycles. The summed E-state index contributed by atoms with van der Waals surface area (Å²) in [7, 11) is 0. The Morgan fingerprint density at radius 2 is 2.14 bits per heavy atom. The molecule has 8 heteroatoms. The summed E-state index contributed by atoms with van der Waals surface area (Å²) in [5.74, 6) is 1.18. The van der Waals surface area contributed by atoms with Gasteiger partial charge in [-0.15, -0.1) is 0 Å². The Labute approximate surface area is 173 Å².